The van der Waals surface area contributed by atoms with Gasteiger partial charge in [-0.05, 0) is 18.6 Å². The lowest BCUT2D eigenvalue weighted by molar-refractivity contribution is 0.594. The zero-order valence-corrected chi connectivity index (χ0v) is 7.78. The summed E-state index contributed by atoms with van der Waals surface area (Å²) in [6.45, 7) is 1.61. The van der Waals surface area contributed by atoms with Crippen LogP contribution < -0.4 is 4.72 Å². The Bertz CT molecular complexity index is 467. The largest absolute Gasteiger partial charge is 0.283 e. The number of sulfonamides is 1. The van der Waals surface area contributed by atoms with E-state index in [0.29, 0.717) is 11.3 Å². The molecule has 1 heterocycles. The van der Waals surface area contributed by atoms with Crippen molar-refractivity contribution in [3.63, 3.8) is 0 Å². The Hall–Kier alpha value is -1.10. The Morgan fingerprint density at radius 3 is 2.85 bits per heavy atom. The van der Waals surface area contributed by atoms with Crippen molar-refractivity contribution in [2.45, 2.75) is 12.7 Å². The first-order valence-electron chi connectivity index (χ1n) is 3.78. The monoisotopic (exact) mass is 201 g/mol. The summed E-state index contributed by atoms with van der Waals surface area (Å²) in [6, 6.07) is 3.14. The van der Waals surface area contributed by atoms with Crippen LogP contribution in [0.1, 0.15) is 11.1 Å². The molecule has 13 heavy (non-hydrogen) atoms. The van der Waals surface area contributed by atoms with E-state index in [-0.39, 0.29) is 11.3 Å². The topological polar surface area (TPSA) is 46.2 Å². The van der Waals surface area contributed by atoms with E-state index < -0.39 is 15.8 Å². The molecular formula is C8H8FNO2S. The van der Waals surface area contributed by atoms with Gasteiger partial charge in [-0.1, -0.05) is 6.07 Å². The van der Waals surface area contributed by atoms with Crippen molar-refractivity contribution in [3.8, 4) is 0 Å². The van der Waals surface area contributed by atoms with Crippen molar-refractivity contribution in [2.24, 2.45) is 0 Å². The van der Waals surface area contributed by atoms with Crippen LogP contribution in [0.4, 0.5) is 10.1 Å². The van der Waals surface area contributed by atoms with Crippen LogP contribution in [-0.4, -0.2) is 8.42 Å². The molecule has 1 aliphatic rings. The van der Waals surface area contributed by atoms with Crippen LogP contribution in [0.3, 0.4) is 0 Å². The minimum absolute atomic E-state index is 0.250. The number of benzene rings is 1. The summed E-state index contributed by atoms with van der Waals surface area (Å²) in [7, 11) is -3.33. The number of halogens is 1. The number of rotatable bonds is 0. The molecular weight excluding hydrogens is 193 g/mol. The van der Waals surface area contributed by atoms with E-state index in [1.807, 2.05) is 0 Å². The molecule has 1 aromatic rings. The Balaban J connectivity index is 2.65. The molecule has 0 fully saturated rings. The second-order valence-electron chi connectivity index (χ2n) is 3.08. The highest BCUT2D eigenvalue weighted by Crippen LogP contribution is 2.30. The molecule has 0 saturated heterocycles. The van der Waals surface area contributed by atoms with E-state index in [9.17, 15) is 12.8 Å². The van der Waals surface area contributed by atoms with Gasteiger partial charge in [-0.15, -0.1) is 0 Å². The maximum absolute atomic E-state index is 13.3. The van der Waals surface area contributed by atoms with Crippen molar-refractivity contribution in [3.05, 3.63) is 29.1 Å². The number of aryl methyl sites for hydroxylation is 1. The van der Waals surface area contributed by atoms with Crippen LogP contribution in [0.2, 0.25) is 0 Å². The number of hydrogen-bond acceptors (Lipinski definition) is 2. The first-order valence-corrected chi connectivity index (χ1v) is 5.43. The molecule has 0 amide bonds. The highest BCUT2D eigenvalue weighted by atomic mass is 32.2. The van der Waals surface area contributed by atoms with Crippen molar-refractivity contribution in [1.29, 1.82) is 0 Å². The number of anilines is 1. The van der Waals surface area contributed by atoms with Gasteiger partial charge in [-0.25, -0.2) is 12.8 Å². The fraction of sp³-hybridized carbons (Fsp3) is 0.250. The summed E-state index contributed by atoms with van der Waals surface area (Å²) in [5, 5.41) is 0. The summed E-state index contributed by atoms with van der Waals surface area (Å²) < 4.78 is 37.8. The fourth-order valence-corrected chi connectivity index (χ4v) is 2.63. The molecule has 70 valence electrons. The van der Waals surface area contributed by atoms with Crippen LogP contribution in [-0.2, 0) is 15.8 Å². The lowest BCUT2D eigenvalue weighted by Gasteiger charge is -2.00. The van der Waals surface area contributed by atoms with Gasteiger partial charge in [-0.3, -0.25) is 4.72 Å². The highest BCUT2D eigenvalue weighted by molar-refractivity contribution is 7.92. The van der Waals surface area contributed by atoms with E-state index in [4.69, 9.17) is 0 Å². The van der Waals surface area contributed by atoms with E-state index in [2.05, 4.69) is 4.72 Å². The van der Waals surface area contributed by atoms with E-state index >= 15 is 0 Å². The van der Waals surface area contributed by atoms with Gasteiger partial charge in [0.1, 0.15) is 5.82 Å². The molecule has 0 aromatic heterocycles. The van der Waals surface area contributed by atoms with Gasteiger partial charge in [0.15, 0.2) is 0 Å². The van der Waals surface area contributed by atoms with Gasteiger partial charge in [-0.2, -0.15) is 0 Å². The predicted molar refractivity (Wildman–Crippen MR) is 47.4 cm³/mol. The Labute approximate surface area is 75.6 Å². The summed E-state index contributed by atoms with van der Waals surface area (Å²) in [5.74, 6) is -0.679. The molecule has 1 N–H and O–H groups in total. The molecule has 0 radical (unpaired) electrons. The predicted octanol–water partition coefficient (Wildman–Crippen LogP) is 1.39. The normalized spacial score (nSPS) is 18.0. The molecule has 1 aromatic carbocycles. The first-order chi connectivity index (χ1) is 5.99. The quantitative estimate of drug-likeness (QED) is 0.689. The molecule has 0 spiro atoms. The van der Waals surface area contributed by atoms with Gasteiger partial charge >= 0.3 is 0 Å². The molecule has 0 unspecified atom stereocenters. The number of hydrogen-bond donors (Lipinski definition) is 1. The van der Waals surface area contributed by atoms with Gasteiger partial charge in [0.2, 0.25) is 10.0 Å². The maximum Gasteiger partial charge on any atom is 0.237 e. The van der Waals surface area contributed by atoms with Gasteiger partial charge in [0.25, 0.3) is 0 Å². The lowest BCUT2D eigenvalue weighted by Crippen LogP contribution is -2.05. The number of fused-ring (bicyclic) bond motifs is 1. The van der Waals surface area contributed by atoms with Crippen molar-refractivity contribution in [1.82, 2.24) is 0 Å². The molecule has 3 nitrogen and oxygen atoms in total. The van der Waals surface area contributed by atoms with Crippen LogP contribution in [0.5, 0.6) is 0 Å². The third kappa shape index (κ3) is 1.29. The van der Waals surface area contributed by atoms with E-state index in [1.54, 1.807) is 19.1 Å². The van der Waals surface area contributed by atoms with Crippen LogP contribution in [0, 0.1) is 12.7 Å². The standard InChI is InChI=1S/C8H8FNO2S/c1-5-2-3-7-6(8(5)9)4-13(11,12)10-7/h2-3,10H,4H2,1H3. The van der Waals surface area contributed by atoms with Gasteiger partial charge in [0.05, 0.1) is 11.4 Å². The second kappa shape index (κ2) is 2.45. The third-order valence-corrected chi connectivity index (χ3v) is 3.24. The number of nitrogens with one attached hydrogen (secondary N) is 1. The molecule has 0 saturated carbocycles. The summed E-state index contributed by atoms with van der Waals surface area (Å²) in [5.41, 5.74) is 1.08. The van der Waals surface area contributed by atoms with E-state index in [0.717, 1.165) is 0 Å². The zero-order valence-electron chi connectivity index (χ0n) is 6.96. The Morgan fingerprint density at radius 2 is 2.15 bits per heavy atom. The molecule has 0 atom stereocenters. The zero-order chi connectivity index (χ0) is 9.64. The minimum Gasteiger partial charge on any atom is -0.283 e. The molecule has 0 bridgehead atoms. The molecule has 0 aliphatic carbocycles. The average molecular weight is 201 g/mol. The maximum atomic E-state index is 13.3. The molecule has 1 aliphatic heterocycles. The van der Waals surface area contributed by atoms with Crippen LogP contribution in [0.25, 0.3) is 0 Å². The summed E-state index contributed by atoms with van der Waals surface area (Å²) >= 11 is 0. The SMILES string of the molecule is Cc1ccc2c(c1F)CS(=O)(=O)N2. The average Bonchev–Trinajstić information content (AvgIpc) is 2.34. The molecule has 5 heteroatoms. The fourth-order valence-electron chi connectivity index (χ4n) is 1.37. The third-order valence-electron chi connectivity index (χ3n) is 2.04. The minimum atomic E-state index is -3.33. The van der Waals surface area contributed by atoms with Crippen molar-refractivity contribution < 1.29 is 12.8 Å². The smallest absolute Gasteiger partial charge is 0.237 e. The first kappa shape index (κ1) is 8.50. The van der Waals surface area contributed by atoms with Crippen molar-refractivity contribution in [2.75, 3.05) is 4.72 Å². The summed E-state index contributed by atoms with van der Waals surface area (Å²) in [4.78, 5) is 0. The van der Waals surface area contributed by atoms with Crippen LogP contribution in [0.15, 0.2) is 12.1 Å². The Morgan fingerprint density at radius 1 is 1.46 bits per heavy atom. The summed E-state index contributed by atoms with van der Waals surface area (Å²) in [6.07, 6.45) is 0. The van der Waals surface area contributed by atoms with Gasteiger partial charge < -0.3 is 0 Å². The Kier molecular flexibility index (Phi) is 1.60. The van der Waals surface area contributed by atoms with E-state index in [1.165, 1.54) is 0 Å². The molecule has 2 rings (SSSR count). The highest BCUT2D eigenvalue weighted by Gasteiger charge is 2.26. The second-order valence-corrected chi connectivity index (χ2v) is 4.81. The lowest BCUT2D eigenvalue weighted by atomic mass is 10.1. The van der Waals surface area contributed by atoms with Gasteiger partial charge in [0, 0.05) is 5.56 Å². The van der Waals surface area contributed by atoms with Crippen LogP contribution >= 0.6 is 0 Å². The van der Waals surface area contributed by atoms with Crippen molar-refractivity contribution >= 4 is 15.7 Å².